The van der Waals surface area contributed by atoms with Crippen LogP contribution in [0.25, 0.3) is 0 Å². The van der Waals surface area contributed by atoms with Crippen LogP contribution in [0.5, 0.6) is 0 Å². The molecule has 0 radical (unpaired) electrons. The minimum atomic E-state index is -0.137. The average molecular weight is 185 g/mol. The van der Waals surface area contributed by atoms with Crippen molar-refractivity contribution in [3.63, 3.8) is 0 Å². The summed E-state index contributed by atoms with van der Waals surface area (Å²) in [4.78, 5) is 0. The first-order chi connectivity index (χ1) is 5.99. The van der Waals surface area contributed by atoms with Crippen LogP contribution >= 0.6 is 0 Å². The van der Waals surface area contributed by atoms with E-state index in [1.165, 1.54) is 6.42 Å². The smallest absolute Gasteiger partial charge is 0.0693 e. The number of aliphatic hydroxyl groups is 1. The van der Waals surface area contributed by atoms with Gasteiger partial charge in [-0.05, 0) is 37.6 Å². The molecule has 2 unspecified atom stereocenters. The van der Waals surface area contributed by atoms with Crippen LogP contribution in [0.2, 0.25) is 0 Å². The highest BCUT2D eigenvalue weighted by Gasteiger charge is 2.23. The van der Waals surface area contributed by atoms with Crippen molar-refractivity contribution in [2.45, 2.75) is 58.6 Å². The lowest BCUT2D eigenvalue weighted by Gasteiger charge is -2.23. The van der Waals surface area contributed by atoms with Crippen molar-refractivity contribution in [2.24, 2.45) is 5.41 Å². The van der Waals surface area contributed by atoms with E-state index >= 15 is 0 Å². The summed E-state index contributed by atoms with van der Waals surface area (Å²) in [7, 11) is 0. The molecule has 0 aromatic rings. The van der Waals surface area contributed by atoms with Gasteiger partial charge in [-0.1, -0.05) is 20.8 Å². The zero-order valence-electron chi connectivity index (χ0n) is 9.14. The molecule has 2 atom stereocenters. The van der Waals surface area contributed by atoms with E-state index in [-0.39, 0.29) is 6.10 Å². The van der Waals surface area contributed by atoms with E-state index in [1.807, 2.05) is 0 Å². The lowest BCUT2D eigenvalue weighted by molar-refractivity contribution is 0.112. The second-order valence-electron chi connectivity index (χ2n) is 5.37. The standard InChI is InChI=1S/C11H23NO/c1-11(2,3)7-6-10(13)9-5-4-8-12-9/h9-10,12-13H,4-8H2,1-3H3. The molecule has 1 fully saturated rings. The Hall–Kier alpha value is -0.0800. The van der Waals surface area contributed by atoms with Gasteiger partial charge in [0.1, 0.15) is 0 Å². The Labute approximate surface area is 81.7 Å². The predicted molar refractivity (Wildman–Crippen MR) is 55.7 cm³/mol. The van der Waals surface area contributed by atoms with Gasteiger partial charge in [0.05, 0.1) is 6.10 Å². The van der Waals surface area contributed by atoms with Crippen LogP contribution < -0.4 is 5.32 Å². The fraction of sp³-hybridized carbons (Fsp3) is 1.00. The molecular formula is C11H23NO. The van der Waals surface area contributed by atoms with E-state index in [4.69, 9.17) is 0 Å². The van der Waals surface area contributed by atoms with Crippen LogP contribution in [0, 0.1) is 5.41 Å². The number of nitrogens with one attached hydrogen (secondary N) is 1. The largest absolute Gasteiger partial charge is 0.392 e. The van der Waals surface area contributed by atoms with Crippen molar-refractivity contribution in [1.82, 2.24) is 5.32 Å². The van der Waals surface area contributed by atoms with Crippen LogP contribution in [0.3, 0.4) is 0 Å². The number of rotatable bonds is 3. The molecule has 0 aromatic carbocycles. The molecule has 1 saturated heterocycles. The minimum absolute atomic E-state index is 0.137. The first-order valence-corrected chi connectivity index (χ1v) is 5.40. The second kappa shape index (κ2) is 4.43. The van der Waals surface area contributed by atoms with E-state index in [0.29, 0.717) is 11.5 Å². The zero-order chi connectivity index (χ0) is 9.90. The molecule has 1 rings (SSSR count). The van der Waals surface area contributed by atoms with Crippen molar-refractivity contribution in [1.29, 1.82) is 0 Å². The highest BCUT2D eigenvalue weighted by molar-refractivity contribution is 4.82. The van der Waals surface area contributed by atoms with Gasteiger partial charge in [0.15, 0.2) is 0 Å². The topological polar surface area (TPSA) is 32.3 Å². The average Bonchev–Trinajstić information content (AvgIpc) is 2.50. The van der Waals surface area contributed by atoms with Gasteiger partial charge < -0.3 is 10.4 Å². The number of hydrogen-bond donors (Lipinski definition) is 2. The van der Waals surface area contributed by atoms with Crippen LogP contribution in [0.4, 0.5) is 0 Å². The first-order valence-electron chi connectivity index (χ1n) is 5.40. The van der Waals surface area contributed by atoms with Crippen molar-refractivity contribution in [2.75, 3.05) is 6.54 Å². The van der Waals surface area contributed by atoms with Gasteiger partial charge in [0.25, 0.3) is 0 Å². The summed E-state index contributed by atoms with van der Waals surface area (Å²) in [5, 5.41) is 13.2. The third-order valence-corrected chi connectivity index (χ3v) is 2.75. The number of hydrogen-bond acceptors (Lipinski definition) is 2. The quantitative estimate of drug-likeness (QED) is 0.704. The normalized spacial score (nSPS) is 26.3. The van der Waals surface area contributed by atoms with Gasteiger partial charge in [0.2, 0.25) is 0 Å². The fourth-order valence-electron chi connectivity index (χ4n) is 1.82. The third kappa shape index (κ3) is 4.10. The molecule has 1 heterocycles. The molecule has 0 bridgehead atoms. The van der Waals surface area contributed by atoms with E-state index in [1.54, 1.807) is 0 Å². The maximum atomic E-state index is 9.85. The predicted octanol–water partition coefficient (Wildman–Crippen LogP) is 1.93. The summed E-state index contributed by atoms with van der Waals surface area (Å²) >= 11 is 0. The van der Waals surface area contributed by atoms with Gasteiger partial charge in [-0.15, -0.1) is 0 Å². The van der Waals surface area contributed by atoms with E-state index in [2.05, 4.69) is 26.1 Å². The molecule has 0 amide bonds. The Balaban J connectivity index is 2.20. The summed E-state index contributed by atoms with van der Waals surface area (Å²) < 4.78 is 0. The van der Waals surface area contributed by atoms with E-state index in [0.717, 1.165) is 25.8 Å². The highest BCUT2D eigenvalue weighted by atomic mass is 16.3. The van der Waals surface area contributed by atoms with Crippen LogP contribution in [0.1, 0.15) is 46.5 Å². The van der Waals surface area contributed by atoms with E-state index < -0.39 is 0 Å². The summed E-state index contributed by atoms with van der Waals surface area (Å²) in [6.45, 7) is 7.75. The zero-order valence-corrected chi connectivity index (χ0v) is 9.14. The molecule has 1 aliphatic rings. The number of aliphatic hydroxyl groups excluding tert-OH is 1. The molecule has 0 saturated carbocycles. The van der Waals surface area contributed by atoms with Crippen LogP contribution in [-0.4, -0.2) is 23.8 Å². The second-order valence-corrected chi connectivity index (χ2v) is 5.37. The van der Waals surface area contributed by atoms with Crippen LogP contribution in [-0.2, 0) is 0 Å². The Morgan fingerprint density at radius 1 is 1.46 bits per heavy atom. The summed E-state index contributed by atoms with van der Waals surface area (Å²) in [5.74, 6) is 0. The highest BCUT2D eigenvalue weighted by Crippen LogP contribution is 2.23. The molecule has 0 spiro atoms. The molecular weight excluding hydrogens is 162 g/mol. The molecule has 1 aliphatic heterocycles. The third-order valence-electron chi connectivity index (χ3n) is 2.75. The SMILES string of the molecule is CC(C)(C)CCC(O)C1CCCN1. The Bertz CT molecular complexity index is 145. The van der Waals surface area contributed by atoms with Crippen molar-refractivity contribution >= 4 is 0 Å². The first kappa shape index (κ1) is 11.0. The van der Waals surface area contributed by atoms with Gasteiger partial charge >= 0.3 is 0 Å². The van der Waals surface area contributed by atoms with Crippen molar-refractivity contribution < 1.29 is 5.11 Å². The molecule has 0 aromatic heterocycles. The molecule has 13 heavy (non-hydrogen) atoms. The molecule has 2 nitrogen and oxygen atoms in total. The molecule has 2 heteroatoms. The lowest BCUT2D eigenvalue weighted by atomic mass is 9.88. The maximum Gasteiger partial charge on any atom is 0.0693 e. The summed E-state index contributed by atoms with van der Waals surface area (Å²) in [6, 6.07) is 0.363. The van der Waals surface area contributed by atoms with Gasteiger partial charge in [-0.3, -0.25) is 0 Å². The van der Waals surface area contributed by atoms with Crippen LogP contribution in [0.15, 0.2) is 0 Å². The molecule has 0 aliphatic carbocycles. The maximum absolute atomic E-state index is 9.85. The minimum Gasteiger partial charge on any atom is -0.392 e. The van der Waals surface area contributed by atoms with Gasteiger partial charge in [0, 0.05) is 6.04 Å². The molecule has 2 N–H and O–H groups in total. The van der Waals surface area contributed by atoms with Crippen molar-refractivity contribution in [3.05, 3.63) is 0 Å². The molecule has 78 valence electrons. The summed E-state index contributed by atoms with van der Waals surface area (Å²) in [5.41, 5.74) is 0.347. The summed E-state index contributed by atoms with van der Waals surface area (Å²) in [6.07, 6.45) is 4.26. The monoisotopic (exact) mass is 185 g/mol. The Morgan fingerprint density at radius 2 is 2.15 bits per heavy atom. The van der Waals surface area contributed by atoms with Gasteiger partial charge in [-0.25, -0.2) is 0 Å². The lowest BCUT2D eigenvalue weighted by Crippen LogP contribution is -2.35. The van der Waals surface area contributed by atoms with Gasteiger partial charge in [-0.2, -0.15) is 0 Å². The fourth-order valence-corrected chi connectivity index (χ4v) is 1.82. The van der Waals surface area contributed by atoms with Crippen molar-refractivity contribution in [3.8, 4) is 0 Å². The van der Waals surface area contributed by atoms with E-state index in [9.17, 15) is 5.11 Å². The Kier molecular flexibility index (Phi) is 3.74. The Morgan fingerprint density at radius 3 is 2.62 bits per heavy atom.